The molecule has 104 valence electrons. The van der Waals surface area contributed by atoms with Crippen LogP contribution >= 0.6 is 0 Å². The van der Waals surface area contributed by atoms with Crippen LogP contribution in [0.1, 0.15) is 12.0 Å². The van der Waals surface area contributed by atoms with Crippen LogP contribution in [-0.4, -0.2) is 38.9 Å². The minimum atomic E-state index is -0.239. The number of benzene rings is 1. The molecule has 1 saturated heterocycles. The maximum atomic E-state index is 11.7. The van der Waals surface area contributed by atoms with Crippen LogP contribution in [-0.2, 0) is 20.9 Å². The number of methoxy groups -OCH3 is 1. The molecular formula is C14H19NO4. The number of carbonyl (C=O) groups is 1. The third-order valence-electron chi connectivity index (χ3n) is 2.93. The summed E-state index contributed by atoms with van der Waals surface area (Å²) in [4.78, 5) is 11.7. The van der Waals surface area contributed by atoms with E-state index in [4.69, 9.17) is 14.2 Å². The molecule has 0 bridgehead atoms. The first-order chi connectivity index (χ1) is 9.28. The number of hydrogen-bond acceptors (Lipinski definition) is 5. The Labute approximate surface area is 112 Å². The lowest BCUT2D eigenvalue weighted by atomic mass is 10.2. The minimum Gasteiger partial charge on any atom is -0.497 e. The van der Waals surface area contributed by atoms with E-state index in [0.717, 1.165) is 17.9 Å². The monoisotopic (exact) mass is 265 g/mol. The number of rotatable bonds is 5. The van der Waals surface area contributed by atoms with Gasteiger partial charge in [0.25, 0.3) is 0 Å². The van der Waals surface area contributed by atoms with Gasteiger partial charge in [0.1, 0.15) is 12.4 Å². The predicted octanol–water partition coefficient (Wildman–Crippen LogP) is 1.12. The molecule has 1 aliphatic rings. The van der Waals surface area contributed by atoms with Gasteiger partial charge in [-0.25, -0.2) is 0 Å². The molecule has 0 aliphatic carbocycles. The zero-order chi connectivity index (χ0) is 13.5. The Morgan fingerprint density at radius 2 is 2.42 bits per heavy atom. The van der Waals surface area contributed by atoms with Gasteiger partial charge in [-0.05, 0) is 17.7 Å². The second-order valence-corrected chi connectivity index (χ2v) is 4.41. The Balaban J connectivity index is 1.76. The number of morpholine rings is 1. The maximum absolute atomic E-state index is 11.7. The summed E-state index contributed by atoms with van der Waals surface area (Å²) in [6, 6.07) is 7.48. The molecule has 1 aliphatic heterocycles. The average Bonchev–Trinajstić information content (AvgIpc) is 2.46. The van der Waals surface area contributed by atoms with Crippen molar-refractivity contribution in [1.82, 2.24) is 5.32 Å². The first kappa shape index (κ1) is 13.8. The van der Waals surface area contributed by atoms with E-state index in [1.807, 2.05) is 24.3 Å². The molecule has 1 N–H and O–H groups in total. The van der Waals surface area contributed by atoms with Crippen LogP contribution < -0.4 is 10.1 Å². The largest absolute Gasteiger partial charge is 0.497 e. The summed E-state index contributed by atoms with van der Waals surface area (Å²) in [6.07, 6.45) is 0.211. The van der Waals surface area contributed by atoms with E-state index < -0.39 is 0 Å². The Hall–Kier alpha value is -1.59. The van der Waals surface area contributed by atoms with Crippen molar-refractivity contribution in [2.24, 2.45) is 0 Å². The van der Waals surface area contributed by atoms with Gasteiger partial charge in [0.05, 0.1) is 26.2 Å². The van der Waals surface area contributed by atoms with Crippen LogP contribution in [0.15, 0.2) is 24.3 Å². The van der Waals surface area contributed by atoms with Crippen LogP contribution in [0.5, 0.6) is 5.75 Å². The molecule has 0 radical (unpaired) electrons. The molecule has 0 saturated carbocycles. The average molecular weight is 265 g/mol. The maximum Gasteiger partial charge on any atom is 0.308 e. The van der Waals surface area contributed by atoms with Crippen molar-refractivity contribution in [2.75, 3.05) is 26.8 Å². The molecule has 5 heteroatoms. The molecule has 1 aromatic carbocycles. The molecule has 0 spiro atoms. The standard InChI is InChI=1S/C14H19NO4/c1-17-12-4-2-3-11(7-12)10-19-14(16)8-13-9-15-5-6-18-13/h2-4,7,13,15H,5-6,8-10H2,1H3. The van der Waals surface area contributed by atoms with Crippen LogP contribution in [0.4, 0.5) is 0 Å². The first-order valence-electron chi connectivity index (χ1n) is 6.39. The molecule has 1 aromatic rings. The molecule has 5 nitrogen and oxygen atoms in total. The number of carbonyl (C=O) groups excluding carboxylic acids is 1. The lowest BCUT2D eigenvalue weighted by Crippen LogP contribution is -2.39. The quantitative estimate of drug-likeness (QED) is 0.808. The summed E-state index contributed by atoms with van der Waals surface area (Å²) in [7, 11) is 1.61. The molecule has 0 aromatic heterocycles. The van der Waals surface area contributed by atoms with Gasteiger partial charge in [-0.2, -0.15) is 0 Å². The van der Waals surface area contributed by atoms with Gasteiger partial charge in [0.15, 0.2) is 0 Å². The van der Waals surface area contributed by atoms with E-state index in [-0.39, 0.29) is 25.1 Å². The van der Waals surface area contributed by atoms with Gasteiger partial charge < -0.3 is 19.5 Å². The molecule has 1 unspecified atom stereocenters. The summed E-state index contributed by atoms with van der Waals surface area (Å²) in [6.45, 7) is 2.45. The Bertz CT molecular complexity index is 416. The molecular weight excluding hydrogens is 246 g/mol. The lowest BCUT2D eigenvalue weighted by Gasteiger charge is -2.22. The Morgan fingerprint density at radius 3 is 3.16 bits per heavy atom. The smallest absolute Gasteiger partial charge is 0.308 e. The number of esters is 1. The van der Waals surface area contributed by atoms with E-state index in [2.05, 4.69) is 5.32 Å². The van der Waals surface area contributed by atoms with Crippen molar-refractivity contribution in [3.05, 3.63) is 29.8 Å². The third kappa shape index (κ3) is 4.54. The number of nitrogens with one attached hydrogen (secondary N) is 1. The second-order valence-electron chi connectivity index (χ2n) is 4.41. The second kappa shape index (κ2) is 7.11. The fourth-order valence-electron chi connectivity index (χ4n) is 1.92. The number of hydrogen-bond donors (Lipinski definition) is 1. The van der Waals surface area contributed by atoms with Gasteiger partial charge >= 0.3 is 5.97 Å². The zero-order valence-corrected chi connectivity index (χ0v) is 11.1. The molecule has 1 atom stereocenters. The molecule has 2 rings (SSSR count). The van der Waals surface area contributed by atoms with Crippen LogP contribution in [0, 0.1) is 0 Å². The van der Waals surface area contributed by atoms with Crippen LogP contribution in [0.3, 0.4) is 0 Å². The van der Waals surface area contributed by atoms with Gasteiger partial charge in [-0.15, -0.1) is 0 Å². The van der Waals surface area contributed by atoms with Crippen molar-refractivity contribution in [3.63, 3.8) is 0 Å². The van der Waals surface area contributed by atoms with E-state index in [9.17, 15) is 4.79 Å². The van der Waals surface area contributed by atoms with Crippen LogP contribution in [0.25, 0.3) is 0 Å². The Kier molecular flexibility index (Phi) is 5.18. The van der Waals surface area contributed by atoms with Gasteiger partial charge in [-0.3, -0.25) is 4.79 Å². The summed E-state index contributed by atoms with van der Waals surface area (Å²) < 4.78 is 15.8. The highest BCUT2D eigenvalue weighted by Gasteiger charge is 2.18. The third-order valence-corrected chi connectivity index (χ3v) is 2.93. The van der Waals surface area contributed by atoms with E-state index in [0.29, 0.717) is 13.2 Å². The summed E-state index contributed by atoms with van der Waals surface area (Å²) >= 11 is 0. The fraction of sp³-hybridized carbons (Fsp3) is 0.500. The molecule has 19 heavy (non-hydrogen) atoms. The normalized spacial score (nSPS) is 18.9. The topological polar surface area (TPSA) is 56.8 Å². The number of ether oxygens (including phenoxy) is 3. The van der Waals surface area contributed by atoms with Crippen molar-refractivity contribution in [1.29, 1.82) is 0 Å². The molecule has 0 amide bonds. The molecule has 1 heterocycles. The van der Waals surface area contributed by atoms with E-state index in [1.165, 1.54) is 0 Å². The SMILES string of the molecule is COc1cccc(COC(=O)CC2CNCCO2)c1. The van der Waals surface area contributed by atoms with Crippen molar-refractivity contribution >= 4 is 5.97 Å². The van der Waals surface area contributed by atoms with Gasteiger partial charge in [0.2, 0.25) is 0 Å². The predicted molar refractivity (Wildman–Crippen MR) is 70.0 cm³/mol. The van der Waals surface area contributed by atoms with E-state index in [1.54, 1.807) is 7.11 Å². The molecule has 1 fully saturated rings. The summed E-state index contributed by atoms with van der Waals surface area (Å²) in [5.74, 6) is 0.518. The van der Waals surface area contributed by atoms with Crippen LogP contribution in [0.2, 0.25) is 0 Å². The van der Waals surface area contributed by atoms with Gasteiger partial charge in [-0.1, -0.05) is 12.1 Å². The summed E-state index contributed by atoms with van der Waals surface area (Å²) in [5, 5.41) is 3.18. The fourth-order valence-corrected chi connectivity index (χ4v) is 1.92. The van der Waals surface area contributed by atoms with Gasteiger partial charge in [0, 0.05) is 13.1 Å². The highest BCUT2D eigenvalue weighted by Crippen LogP contribution is 2.13. The lowest BCUT2D eigenvalue weighted by molar-refractivity contribution is -0.148. The van der Waals surface area contributed by atoms with Crippen molar-refractivity contribution in [3.8, 4) is 5.75 Å². The highest BCUT2D eigenvalue weighted by molar-refractivity contribution is 5.70. The zero-order valence-electron chi connectivity index (χ0n) is 11.1. The van der Waals surface area contributed by atoms with E-state index >= 15 is 0 Å². The van der Waals surface area contributed by atoms with Crippen molar-refractivity contribution in [2.45, 2.75) is 19.1 Å². The first-order valence-corrected chi connectivity index (χ1v) is 6.39. The highest BCUT2D eigenvalue weighted by atomic mass is 16.5. The van der Waals surface area contributed by atoms with Crippen molar-refractivity contribution < 1.29 is 19.0 Å². The Morgan fingerprint density at radius 1 is 1.53 bits per heavy atom. The minimum absolute atomic E-state index is 0.0773. The summed E-state index contributed by atoms with van der Waals surface area (Å²) in [5.41, 5.74) is 0.912.